The highest BCUT2D eigenvalue weighted by molar-refractivity contribution is 7.13. The monoisotopic (exact) mass is 496 g/mol. The first-order valence-corrected chi connectivity index (χ1v) is 10.8. The topological polar surface area (TPSA) is 108 Å². The highest BCUT2D eigenvalue weighted by Gasteiger charge is 2.30. The van der Waals surface area contributed by atoms with Crippen molar-refractivity contribution < 1.29 is 32.2 Å². The summed E-state index contributed by atoms with van der Waals surface area (Å²) in [6.07, 6.45) is -4.10. The third-order valence-corrected chi connectivity index (χ3v) is 5.56. The lowest BCUT2D eigenvalue weighted by atomic mass is 10.0. The SMILES string of the molecule is COc1cc(NC(=O)Nc2nc(C(N)Cc3ccc(C(F)(F)F)cc3)cs2)cc(OC)c1OC. The van der Waals surface area contributed by atoms with Crippen molar-refractivity contribution in [1.29, 1.82) is 0 Å². The minimum atomic E-state index is -4.39. The van der Waals surface area contributed by atoms with Crippen molar-refractivity contribution >= 4 is 28.2 Å². The molecule has 12 heteroatoms. The van der Waals surface area contributed by atoms with E-state index in [9.17, 15) is 18.0 Å². The van der Waals surface area contributed by atoms with Crippen LogP contribution in [0.5, 0.6) is 17.2 Å². The Morgan fingerprint density at radius 2 is 1.68 bits per heavy atom. The summed E-state index contributed by atoms with van der Waals surface area (Å²) >= 11 is 1.17. The maximum Gasteiger partial charge on any atom is 0.416 e. The number of carbonyl (C=O) groups is 1. The molecular weight excluding hydrogens is 473 g/mol. The van der Waals surface area contributed by atoms with Gasteiger partial charge in [0.15, 0.2) is 16.6 Å². The summed E-state index contributed by atoms with van der Waals surface area (Å²) in [5.41, 5.74) is 7.00. The van der Waals surface area contributed by atoms with E-state index in [1.165, 1.54) is 44.8 Å². The number of ether oxygens (including phenoxy) is 3. The molecule has 0 fully saturated rings. The number of rotatable bonds is 8. The van der Waals surface area contributed by atoms with Crippen LogP contribution in [0.4, 0.5) is 28.8 Å². The zero-order valence-electron chi connectivity index (χ0n) is 18.5. The van der Waals surface area contributed by atoms with Crippen LogP contribution in [0.15, 0.2) is 41.8 Å². The Bertz CT molecular complexity index is 1110. The second-order valence-electron chi connectivity index (χ2n) is 7.08. The maximum atomic E-state index is 12.7. The molecule has 1 atom stereocenters. The molecule has 1 unspecified atom stereocenters. The summed E-state index contributed by atoms with van der Waals surface area (Å²) in [6, 6.07) is 6.86. The first-order chi connectivity index (χ1) is 16.1. The Kier molecular flexibility index (Phi) is 7.84. The van der Waals surface area contributed by atoms with Crippen LogP contribution in [0.2, 0.25) is 0 Å². The zero-order chi connectivity index (χ0) is 24.9. The molecule has 0 radical (unpaired) electrons. The Morgan fingerprint density at radius 3 is 2.21 bits per heavy atom. The number of hydrogen-bond acceptors (Lipinski definition) is 7. The number of amides is 2. The molecule has 8 nitrogen and oxygen atoms in total. The maximum absolute atomic E-state index is 12.7. The average Bonchev–Trinajstić information content (AvgIpc) is 3.26. The number of anilines is 2. The second-order valence-corrected chi connectivity index (χ2v) is 7.93. The number of halogens is 3. The van der Waals surface area contributed by atoms with Crippen LogP contribution in [-0.2, 0) is 12.6 Å². The highest BCUT2D eigenvalue weighted by atomic mass is 32.1. The lowest BCUT2D eigenvalue weighted by Crippen LogP contribution is -2.20. The zero-order valence-corrected chi connectivity index (χ0v) is 19.3. The second kappa shape index (κ2) is 10.6. The van der Waals surface area contributed by atoms with E-state index >= 15 is 0 Å². The average molecular weight is 497 g/mol. The van der Waals surface area contributed by atoms with Crippen LogP contribution < -0.4 is 30.6 Å². The number of thiazole rings is 1. The molecule has 3 aromatic rings. The number of nitrogens with two attached hydrogens (primary N) is 1. The van der Waals surface area contributed by atoms with Crippen molar-refractivity contribution in [3.05, 3.63) is 58.6 Å². The predicted molar refractivity (Wildman–Crippen MR) is 123 cm³/mol. The lowest BCUT2D eigenvalue weighted by molar-refractivity contribution is -0.137. The van der Waals surface area contributed by atoms with E-state index in [0.717, 1.165) is 12.1 Å². The fourth-order valence-electron chi connectivity index (χ4n) is 3.11. The smallest absolute Gasteiger partial charge is 0.416 e. The van der Waals surface area contributed by atoms with Crippen LogP contribution in [0.1, 0.15) is 22.9 Å². The van der Waals surface area contributed by atoms with Crippen molar-refractivity contribution in [3.8, 4) is 17.2 Å². The van der Waals surface area contributed by atoms with E-state index in [-0.39, 0.29) is 0 Å². The minimum absolute atomic E-state index is 0.291. The summed E-state index contributed by atoms with van der Waals surface area (Å²) in [5, 5.41) is 7.28. The largest absolute Gasteiger partial charge is 0.493 e. The molecule has 2 amide bonds. The molecule has 0 saturated carbocycles. The van der Waals surface area contributed by atoms with Crippen LogP contribution in [0, 0.1) is 0 Å². The van der Waals surface area contributed by atoms with Gasteiger partial charge in [0.05, 0.1) is 44.3 Å². The number of hydrogen-bond donors (Lipinski definition) is 3. The quantitative estimate of drug-likeness (QED) is 0.402. The summed E-state index contributed by atoms with van der Waals surface area (Å²) in [7, 11) is 4.40. The van der Waals surface area contributed by atoms with E-state index in [1.807, 2.05) is 0 Å². The van der Waals surface area contributed by atoms with Gasteiger partial charge in [0.25, 0.3) is 0 Å². The van der Waals surface area contributed by atoms with Crippen LogP contribution in [0.3, 0.4) is 0 Å². The van der Waals surface area contributed by atoms with Gasteiger partial charge in [0, 0.05) is 17.5 Å². The molecule has 4 N–H and O–H groups in total. The molecule has 34 heavy (non-hydrogen) atoms. The van der Waals surface area contributed by atoms with E-state index in [2.05, 4.69) is 15.6 Å². The number of nitrogens with one attached hydrogen (secondary N) is 2. The third kappa shape index (κ3) is 6.08. The van der Waals surface area contributed by atoms with Crippen molar-refractivity contribution in [2.75, 3.05) is 32.0 Å². The van der Waals surface area contributed by atoms with Gasteiger partial charge in [-0.1, -0.05) is 12.1 Å². The Balaban J connectivity index is 1.62. The van der Waals surface area contributed by atoms with Gasteiger partial charge in [-0.2, -0.15) is 13.2 Å². The fourth-order valence-corrected chi connectivity index (χ4v) is 3.88. The molecule has 0 aliphatic heterocycles. The van der Waals surface area contributed by atoms with Crippen molar-refractivity contribution in [1.82, 2.24) is 4.98 Å². The van der Waals surface area contributed by atoms with Crippen molar-refractivity contribution in [3.63, 3.8) is 0 Å². The van der Waals surface area contributed by atoms with Gasteiger partial charge in [-0.25, -0.2) is 9.78 Å². The molecule has 1 aromatic heterocycles. The standard InChI is InChI=1S/C22H23F3N4O4S/c1-31-17-9-14(10-18(32-2)19(17)33-3)27-20(30)29-21-28-16(11-34-21)15(26)8-12-4-6-13(7-5-12)22(23,24)25/h4-7,9-11,15H,8,26H2,1-3H3,(H2,27,28,29,30). The number of alkyl halides is 3. The summed E-state index contributed by atoms with van der Waals surface area (Å²) in [5.74, 6) is 1.15. The molecule has 1 heterocycles. The van der Waals surface area contributed by atoms with Crippen LogP contribution >= 0.6 is 11.3 Å². The predicted octanol–water partition coefficient (Wildman–Crippen LogP) is 5.07. The molecule has 2 aromatic carbocycles. The number of methoxy groups -OCH3 is 3. The van der Waals surface area contributed by atoms with Crippen LogP contribution in [-0.4, -0.2) is 32.3 Å². The number of carbonyl (C=O) groups excluding carboxylic acids is 1. The normalized spacial score (nSPS) is 12.1. The first kappa shape index (κ1) is 25.1. The van der Waals surface area contributed by atoms with Gasteiger partial charge >= 0.3 is 12.2 Å². The number of urea groups is 1. The van der Waals surface area contributed by atoms with E-state index in [1.54, 1.807) is 17.5 Å². The molecule has 0 spiro atoms. The third-order valence-electron chi connectivity index (χ3n) is 4.78. The van der Waals surface area contributed by atoms with Crippen molar-refractivity contribution in [2.24, 2.45) is 5.73 Å². The van der Waals surface area contributed by atoms with E-state index in [0.29, 0.717) is 45.7 Å². The molecule has 182 valence electrons. The molecule has 0 aliphatic carbocycles. The van der Waals surface area contributed by atoms with E-state index < -0.39 is 23.8 Å². The summed E-state index contributed by atoms with van der Waals surface area (Å²) < 4.78 is 53.9. The Morgan fingerprint density at radius 1 is 1.06 bits per heavy atom. The fraction of sp³-hybridized carbons (Fsp3) is 0.273. The van der Waals surface area contributed by atoms with Gasteiger partial charge in [0.1, 0.15) is 0 Å². The molecular formula is C22H23F3N4O4S. The number of nitrogens with zero attached hydrogens (tertiary/aromatic N) is 1. The summed E-state index contributed by atoms with van der Waals surface area (Å²) in [4.78, 5) is 16.7. The number of benzene rings is 2. The Hall–Kier alpha value is -3.51. The van der Waals surface area contributed by atoms with E-state index in [4.69, 9.17) is 19.9 Å². The van der Waals surface area contributed by atoms with Gasteiger partial charge < -0.3 is 25.3 Å². The molecule has 3 rings (SSSR count). The van der Waals surface area contributed by atoms with Crippen molar-refractivity contribution in [2.45, 2.75) is 18.6 Å². The number of aromatic nitrogens is 1. The minimum Gasteiger partial charge on any atom is -0.493 e. The molecule has 0 aliphatic rings. The first-order valence-electron chi connectivity index (χ1n) is 9.89. The summed E-state index contributed by atoms with van der Waals surface area (Å²) in [6.45, 7) is 0. The lowest BCUT2D eigenvalue weighted by Gasteiger charge is -2.14. The highest BCUT2D eigenvalue weighted by Crippen LogP contribution is 2.40. The van der Waals surface area contributed by atoms with Gasteiger partial charge in [-0.3, -0.25) is 5.32 Å². The van der Waals surface area contributed by atoms with Crippen LogP contribution in [0.25, 0.3) is 0 Å². The van der Waals surface area contributed by atoms with Gasteiger partial charge in [-0.15, -0.1) is 11.3 Å². The Labute approximate surface area is 197 Å². The van der Waals surface area contributed by atoms with Gasteiger partial charge in [-0.05, 0) is 24.1 Å². The molecule has 0 bridgehead atoms. The molecule has 0 saturated heterocycles. The van der Waals surface area contributed by atoms with Gasteiger partial charge in [0.2, 0.25) is 5.75 Å².